The highest BCUT2D eigenvalue weighted by molar-refractivity contribution is 5.42. The number of benzene rings is 1. The number of rotatable bonds is 0. The van der Waals surface area contributed by atoms with E-state index in [1.807, 2.05) is 0 Å². The van der Waals surface area contributed by atoms with Crippen molar-refractivity contribution in [2.75, 3.05) is 7.05 Å². The smallest absolute Gasteiger partial charge is 0.0176 e. The van der Waals surface area contributed by atoms with Gasteiger partial charge in [-0.2, -0.15) is 0 Å². The molecule has 0 radical (unpaired) electrons. The Bertz CT molecular complexity index is 573. The zero-order chi connectivity index (χ0) is 14.0. The van der Waals surface area contributed by atoms with Crippen LogP contribution in [-0.4, -0.2) is 24.0 Å². The number of hydrogen-bond donors (Lipinski definition) is 0. The molecule has 3 aliphatic rings. The molecular formula is C19H25N. The summed E-state index contributed by atoms with van der Waals surface area (Å²) in [7, 11) is 2.35. The van der Waals surface area contributed by atoms with Gasteiger partial charge in [0.1, 0.15) is 0 Å². The van der Waals surface area contributed by atoms with Gasteiger partial charge in [-0.3, -0.25) is 4.90 Å². The van der Waals surface area contributed by atoms with Gasteiger partial charge in [-0.25, -0.2) is 0 Å². The third kappa shape index (κ3) is 1.53. The van der Waals surface area contributed by atoms with Gasteiger partial charge in [0.25, 0.3) is 0 Å². The van der Waals surface area contributed by atoms with Gasteiger partial charge in [0.15, 0.2) is 0 Å². The molecule has 0 N–H and O–H groups in total. The number of hydrogen-bond acceptors (Lipinski definition) is 1. The first kappa shape index (κ1) is 12.6. The van der Waals surface area contributed by atoms with Crippen LogP contribution in [0.1, 0.15) is 36.5 Å². The molecule has 0 amide bonds. The van der Waals surface area contributed by atoms with Crippen LogP contribution in [0.2, 0.25) is 0 Å². The van der Waals surface area contributed by atoms with Crippen molar-refractivity contribution < 1.29 is 0 Å². The molecule has 1 aromatic carbocycles. The number of likely N-dealkylation sites (N-methyl/N-ethyl adjacent to an activating group) is 1. The Morgan fingerprint density at radius 2 is 1.95 bits per heavy atom. The second-order valence-corrected chi connectivity index (χ2v) is 7.30. The Labute approximate surface area is 122 Å². The summed E-state index contributed by atoms with van der Waals surface area (Å²) in [4.78, 5) is 2.66. The van der Waals surface area contributed by atoms with Crippen LogP contribution < -0.4 is 0 Å². The summed E-state index contributed by atoms with van der Waals surface area (Å²) in [6, 6.07) is 8.50. The first-order valence-corrected chi connectivity index (χ1v) is 8.07. The van der Waals surface area contributed by atoms with Gasteiger partial charge in [-0.05, 0) is 56.2 Å². The van der Waals surface area contributed by atoms with Crippen molar-refractivity contribution in [3.63, 3.8) is 0 Å². The molecule has 1 aromatic rings. The Hall–Kier alpha value is -1.08. The van der Waals surface area contributed by atoms with Crippen molar-refractivity contribution in [2.24, 2.45) is 17.8 Å². The molecule has 6 atom stereocenters. The molecular weight excluding hydrogens is 242 g/mol. The summed E-state index contributed by atoms with van der Waals surface area (Å²) in [6.07, 6.45) is 6.28. The lowest BCUT2D eigenvalue weighted by molar-refractivity contribution is -0.0165. The Morgan fingerprint density at radius 3 is 2.75 bits per heavy atom. The number of likely N-dealkylation sites (tertiary alicyclic amines) is 1. The molecule has 20 heavy (non-hydrogen) atoms. The van der Waals surface area contributed by atoms with E-state index in [4.69, 9.17) is 0 Å². The van der Waals surface area contributed by atoms with Gasteiger partial charge in [0.2, 0.25) is 0 Å². The van der Waals surface area contributed by atoms with E-state index in [9.17, 15) is 0 Å². The zero-order valence-corrected chi connectivity index (χ0v) is 13.0. The van der Waals surface area contributed by atoms with Gasteiger partial charge in [-0.15, -0.1) is 0 Å². The number of fused-ring (bicyclic) bond motifs is 3. The van der Waals surface area contributed by atoms with Crippen LogP contribution in [-0.2, 0) is 6.42 Å². The topological polar surface area (TPSA) is 3.24 Å². The van der Waals surface area contributed by atoms with Gasteiger partial charge < -0.3 is 0 Å². The fourth-order valence-electron chi connectivity index (χ4n) is 5.22. The molecule has 1 fully saturated rings. The summed E-state index contributed by atoms with van der Waals surface area (Å²) < 4.78 is 0. The van der Waals surface area contributed by atoms with E-state index in [1.54, 1.807) is 11.1 Å². The Morgan fingerprint density at radius 1 is 1.15 bits per heavy atom. The number of nitrogens with zero attached hydrogens (tertiary/aromatic N) is 1. The van der Waals surface area contributed by atoms with Crippen LogP contribution in [0, 0.1) is 24.7 Å². The lowest BCUT2D eigenvalue weighted by atomic mass is 9.57. The summed E-state index contributed by atoms with van der Waals surface area (Å²) in [6.45, 7) is 7.12. The van der Waals surface area contributed by atoms with E-state index >= 15 is 0 Å². The average molecular weight is 267 g/mol. The highest BCUT2D eigenvalue weighted by atomic mass is 15.2. The minimum atomic E-state index is 0.644. The Kier molecular flexibility index (Phi) is 2.66. The van der Waals surface area contributed by atoms with Crippen LogP contribution in [0.4, 0.5) is 0 Å². The van der Waals surface area contributed by atoms with Crippen LogP contribution in [0.3, 0.4) is 0 Å². The summed E-state index contributed by atoms with van der Waals surface area (Å²) in [5.41, 5.74) is 4.59. The number of allylic oxidation sites excluding steroid dienone is 1. The van der Waals surface area contributed by atoms with E-state index in [1.165, 1.54) is 12.0 Å². The number of piperidine rings is 1. The quantitative estimate of drug-likeness (QED) is 0.647. The minimum absolute atomic E-state index is 0.644. The molecule has 1 heteroatoms. The van der Waals surface area contributed by atoms with Crippen molar-refractivity contribution >= 4 is 0 Å². The Balaban J connectivity index is 1.88. The maximum absolute atomic E-state index is 2.66. The lowest BCUT2D eigenvalue weighted by Crippen LogP contribution is -2.60. The second kappa shape index (κ2) is 4.21. The molecule has 0 saturated carbocycles. The molecule has 5 unspecified atom stereocenters. The maximum Gasteiger partial charge on any atom is 0.0176 e. The third-order valence-electron chi connectivity index (χ3n) is 6.42. The van der Waals surface area contributed by atoms with Crippen LogP contribution in [0.15, 0.2) is 30.4 Å². The molecule has 106 valence electrons. The highest BCUT2D eigenvalue weighted by Gasteiger charge is 2.50. The molecule has 1 aliphatic heterocycles. The fraction of sp³-hybridized carbons (Fsp3) is 0.579. The van der Waals surface area contributed by atoms with Crippen molar-refractivity contribution in [3.8, 4) is 0 Å². The standard InChI is InChI=1S/C19H25N/c1-11-5-6-16-14(9-11)10-18-19-12(2)15(7-8-17(16)19)13(3)20(18)4/h5-9,12-13,15,17-19H,10H2,1-4H3/t12-,13?,15?,17?,18?,19?/m0/s1. The molecule has 2 aliphatic carbocycles. The lowest BCUT2D eigenvalue weighted by Gasteiger charge is -2.57. The first-order chi connectivity index (χ1) is 9.58. The largest absolute Gasteiger partial charge is 0.299 e. The van der Waals surface area contributed by atoms with E-state index in [2.05, 4.69) is 63.1 Å². The SMILES string of the molecule is Cc1ccc2c(c1)CC1C3C2C=CC(C(C)N1C)[C@@H]3C. The normalized spacial score (nSPS) is 42.4. The first-order valence-electron chi connectivity index (χ1n) is 8.07. The van der Waals surface area contributed by atoms with Gasteiger partial charge in [0, 0.05) is 18.0 Å². The molecule has 1 saturated heterocycles. The molecule has 2 bridgehead atoms. The molecule has 0 spiro atoms. The van der Waals surface area contributed by atoms with Crippen LogP contribution in [0.5, 0.6) is 0 Å². The fourth-order valence-corrected chi connectivity index (χ4v) is 5.22. The third-order valence-corrected chi connectivity index (χ3v) is 6.42. The zero-order valence-electron chi connectivity index (χ0n) is 13.0. The monoisotopic (exact) mass is 267 g/mol. The van der Waals surface area contributed by atoms with Crippen molar-refractivity contribution in [2.45, 2.75) is 45.2 Å². The predicted molar refractivity (Wildman–Crippen MR) is 83.9 cm³/mol. The summed E-state index contributed by atoms with van der Waals surface area (Å²) in [5.74, 6) is 3.01. The second-order valence-electron chi connectivity index (χ2n) is 7.30. The van der Waals surface area contributed by atoms with Crippen molar-refractivity contribution in [3.05, 3.63) is 47.0 Å². The minimum Gasteiger partial charge on any atom is -0.299 e. The molecule has 1 heterocycles. The molecule has 1 nitrogen and oxygen atoms in total. The van der Waals surface area contributed by atoms with Crippen LogP contribution >= 0.6 is 0 Å². The molecule has 4 rings (SSSR count). The predicted octanol–water partition coefficient (Wildman–Crippen LogP) is 3.78. The average Bonchev–Trinajstić information content (AvgIpc) is 2.43. The number of aryl methyl sites for hydroxylation is 1. The van der Waals surface area contributed by atoms with E-state index in [-0.39, 0.29) is 0 Å². The van der Waals surface area contributed by atoms with Gasteiger partial charge in [-0.1, -0.05) is 42.8 Å². The van der Waals surface area contributed by atoms with Crippen LogP contribution in [0.25, 0.3) is 0 Å². The maximum atomic E-state index is 2.66. The van der Waals surface area contributed by atoms with E-state index < -0.39 is 0 Å². The molecule has 0 aromatic heterocycles. The summed E-state index contributed by atoms with van der Waals surface area (Å²) >= 11 is 0. The van der Waals surface area contributed by atoms with Gasteiger partial charge in [0.05, 0.1) is 0 Å². The van der Waals surface area contributed by atoms with Gasteiger partial charge >= 0.3 is 0 Å². The van der Waals surface area contributed by atoms with Crippen molar-refractivity contribution in [1.82, 2.24) is 4.90 Å². The van der Waals surface area contributed by atoms with Crippen molar-refractivity contribution in [1.29, 1.82) is 0 Å². The highest BCUT2D eigenvalue weighted by Crippen LogP contribution is 2.52. The summed E-state index contributed by atoms with van der Waals surface area (Å²) in [5, 5.41) is 0. The van der Waals surface area contributed by atoms with E-state index in [0.29, 0.717) is 12.0 Å². The van der Waals surface area contributed by atoms with E-state index in [0.717, 1.165) is 23.8 Å².